The second-order valence-corrected chi connectivity index (χ2v) is 3.38. The Morgan fingerprint density at radius 1 is 1.31 bits per heavy atom. The Morgan fingerprint density at radius 2 is 2.23 bits per heavy atom. The third-order valence-electron chi connectivity index (χ3n) is 2.25. The normalized spacial score (nSPS) is 15.6. The number of rotatable bonds is 1. The minimum absolute atomic E-state index is 1.12. The fourth-order valence-electron chi connectivity index (χ4n) is 1.47. The summed E-state index contributed by atoms with van der Waals surface area (Å²) in [6, 6.07) is 4.21. The lowest BCUT2D eigenvalue weighted by molar-refractivity contribution is 1.04. The topological polar surface area (TPSA) is 12.9 Å². The Kier molecular flexibility index (Phi) is 2.26. The molecule has 0 N–H and O–H groups in total. The van der Waals surface area contributed by atoms with E-state index in [-0.39, 0.29) is 0 Å². The summed E-state index contributed by atoms with van der Waals surface area (Å²) < 4.78 is 0. The van der Waals surface area contributed by atoms with Gasteiger partial charge < -0.3 is 0 Å². The van der Waals surface area contributed by atoms with Crippen LogP contribution in [0.2, 0.25) is 0 Å². The Bertz CT molecular complexity index is 344. The van der Waals surface area contributed by atoms with Crippen molar-refractivity contribution in [2.24, 2.45) is 0 Å². The number of aryl methyl sites for hydroxylation is 1. The molecular formula is C12H13N. The fraction of sp³-hybridized carbons (Fsp3) is 0.250. The van der Waals surface area contributed by atoms with Gasteiger partial charge in [-0.2, -0.15) is 0 Å². The largest absolute Gasteiger partial charge is 0.256 e. The molecule has 1 aliphatic rings. The third kappa shape index (κ3) is 1.86. The molecule has 0 saturated heterocycles. The van der Waals surface area contributed by atoms with E-state index >= 15 is 0 Å². The first-order valence-electron chi connectivity index (χ1n) is 4.65. The van der Waals surface area contributed by atoms with E-state index in [2.05, 4.69) is 42.3 Å². The standard InChI is InChI=1S/C12H13N/c1-10-7-8-12(13-9-10)11-5-3-2-4-6-11/h2-3,5,7-9H,4,6H2,1H3. The highest BCUT2D eigenvalue weighted by molar-refractivity contribution is 5.65. The van der Waals surface area contributed by atoms with Crippen LogP contribution in [0, 0.1) is 6.92 Å². The van der Waals surface area contributed by atoms with Crippen LogP contribution in [0.3, 0.4) is 0 Å². The Morgan fingerprint density at radius 3 is 2.85 bits per heavy atom. The van der Waals surface area contributed by atoms with Crippen LogP contribution in [0.15, 0.2) is 36.6 Å². The maximum atomic E-state index is 4.40. The molecule has 0 aliphatic heterocycles. The number of hydrogen-bond donors (Lipinski definition) is 0. The fourth-order valence-corrected chi connectivity index (χ4v) is 1.47. The highest BCUT2D eigenvalue weighted by Crippen LogP contribution is 2.21. The molecule has 13 heavy (non-hydrogen) atoms. The van der Waals surface area contributed by atoms with Gasteiger partial charge in [0.25, 0.3) is 0 Å². The van der Waals surface area contributed by atoms with Crippen molar-refractivity contribution >= 4 is 5.57 Å². The highest BCUT2D eigenvalue weighted by atomic mass is 14.7. The molecule has 1 heteroatoms. The predicted octanol–water partition coefficient (Wildman–Crippen LogP) is 3.12. The van der Waals surface area contributed by atoms with E-state index < -0.39 is 0 Å². The van der Waals surface area contributed by atoms with Gasteiger partial charge >= 0.3 is 0 Å². The summed E-state index contributed by atoms with van der Waals surface area (Å²) in [7, 11) is 0. The number of hydrogen-bond acceptors (Lipinski definition) is 1. The van der Waals surface area contributed by atoms with E-state index in [9.17, 15) is 0 Å². The zero-order valence-corrected chi connectivity index (χ0v) is 7.83. The summed E-state index contributed by atoms with van der Waals surface area (Å²) >= 11 is 0. The molecule has 0 aromatic carbocycles. The maximum Gasteiger partial charge on any atom is 0.0661 e. The van der Waals surface area contributed by atoms with E-state index in [0.717, 1.165) is 18.5 Å². The molecule has 0 saturated carbocycles. The van der Waals surface area contributed by atoms with Crippen LogP contribution in [-0.4, -0.2) is 4.98 Å². The molecule has 1 heterocycles. The van der Waals surface area contributed by atoms with Gasteiger partial charge in [-0.05, 0) is 37.0 Å². The van der Waals surface area contributed by atoms with Gasteiger partial charge in [-0.15, -0.1) is 0 Å². The summed E-state index contributed by atoms with van der Waals surface area (Å²) in [5, 5.41) is 0. The van der Waals surface area contributed by atoms with E-state index in [1.165, 1.54) is 11.1 Å². The van der Waals surface area contributed by atoms with Gasteiger partial charge in [-0.3, -0.25) is 4.98 Å². The van der Waals surface area contributed by atoms with Crippen LogP contribution < -0.4 is 0 Å². The molecule has 0 radical (unpaired) electrons. The smallest absolute Gasteiger partial charge is 0.0661 e. The molecule has 1 aromatic heterocycles. The van der Waals surface area contributed by atoms with Crippen LogP contribution in [0.1, 0.15) is 24.1 Å². The summed E-state index contributed by atoms with van der Waals surface area (Å²) in [5.74, 6) is 0. The van der Waals surface area contributed by atoms with Crippen LogP contribution in [0.25, 0.3) is 5.57 Å². The average molecular weight is 171 g/mol. The molecule has 1 aliphatic carbocycles. The Hall–Kier alpha value is -1.37. The lowest BCUT2D eigenvalue weighted by Gasteiger charge is -2.07. The van der Waals surface area contributed by atoms with Crippen LogP contribution >= 0.6 is 0 Å². The zero-order chi connectivity index (χ0) is 9.10. The summed E-state index contributed by atoms with van der Waals surface area (Å²) in [5.41, 5.74) is 3.69. The molecule has 66 valence electrons. The van der Waals surface area contributed by atoms with E-state index in [0.29, 0.717) is 0 Å². The van der Waals surface area contributed by atoms with Gasteiger partial charge in [-0.1, -0.05) is 24.3 Å². The zero-order valence-electron chi connectivity index (χ0n) is 7.83. The molecule has 0 spiro atoms. The number of aromatic nitrogens is 1. The van der Waals surface area contributed by atoms with Gasteiger partial charge in [0.1, 0.15) is 0 Å². The monoisotopic (exact) mass is 171 g/mol. The van der Waals surface area contributed by atoms with Gasteiger partial charge in [-0.25, -0.2) is 0 Å². The third-order valence-corrected chi connectivity index (χ3v) is 2.25. The second kappa shape index (κ2) is 3.56. The van der Waals surface area contributed by atoms with Crippen molar-refractivity contribution in [2.75, 3.05) is 0 Å². The van der Waals surface area contributed by atoms with Crippen LogP contribution in [-0.2, 0) is 0 Å². The van der Waals surface area contributed by atoms with Crippen molar-refractivity contribution in [1.82, 2.24) is 4.98 Å². The Balaban J connectivity index is 2.30. The van der Waals surface area contributed by atoms with Crippen molar-refractivity contribution in [2.45, 2.75) is 19.8 Å². The lowest BCUT2D eigenvalue weighted by atomic mass is 10.0. The minimum Gasteiger partial charge on any atom is -0.256 e. The molecule has 1 nitrogen and oxygen atoms in total. The van der Waals surface area contributed by atoms with Crippen molar-refractivity contribution < 1.29 is 0 Å². The number of nitrogens with zero attached hydrogens (tertiary/aromatic N) is 1. The predicted molar refractivity (Wildman–Crippen MR) is 55.3 cm³/mol. The van der Waals surface area contributed by atoms with Crippen molar-refractivity contribution in [3.8, 4) is 0 Å². The number of allylic oxidation sites excluding steroid dienone is 4. The second-order valence-electron chi connectivity index (χ2n) is 3.38. The molecule has 2 rings (SSSR count). The molecule has 0 amide bonds. The molecular weight excluding hydrogens is 158 g/mol. The molecule has 0 bridgehead atoms. The van der Waals surface area contributed by atoms with E-state index in [4.69, 9.17) is 0 Å². The quantitative estimate of drug-likeness (QED) is 0.632. The lowest BCUT2D eigenvalue weighted by Crippen LogP contribution is -1.91. The molecule has 0 unspecified atom stereocenters. The van der Waals surface area contributed by atoms with Crippen LogP contribution in [0.5, 0.6) is 0 Å². The minimum atomic E-state index is 1.12. The molecule has 0 atom stereocenters. The highest BCUT2D eigenvalue weighted by Gasteiger charge is 2.03. The molecule has 1 aromatic rings. The van der Waals surface area contributed by atoms with Gasteiger partial charge in [0.15, 0.2) is 0 Å². The van der Waals surface area contributed by atoms with Gasteiger partial charge in [0.05, 0.1) is 5.69 Å². The SMILES string of the molecule is Cc1ccc(C2=CC=CCC2)nc1. The summed E-state index contributed by atoms with van der Waals surface area (Å²) in [6.07, 6.45) is 10.6. The van der Waals surface area contributed by atoms with E-state index in [1.807, 2.05) is 6.20 Å². The maximum absolute atomic E-state index is 4.40. The first kappa shape index (κ1) is 8.24. The summed E-state index contributed by atoms with van der Waals surface area (Å²) in [4.78, 5) is 4.40. The van der Waals surface area contributed by atoms with Crippen LogP contribution in [0.4, 0.5) is 0 Å². The van der Waals surface area contributed by atoms with E-state index in [1.54, 1.807) is 0 Å². The average Bonchev–Trinajstić information content (AvgIpc) is 2.20. The van der Waals surface area contributed by atoms with Crippen molar-refractivity contribution in [3.63, 3.8) is 0 Å². The van der Waals surface area contributed by atoms with Crippen molar-refractivity contribution in [1.29, 1.82) is 0 Å². The Labute approximate surface area is 78.8 Å². The van der Waals surface area contributed by atoms with Gasteiger partial charge in [0.2, 0.25) is 0 Å². The van der Waals surface area contributed by atoms with Crippen molar-refractivity contribution in [3.05, 3.63) is 47.8 Å². The first-order valence-corrected chi connectivity index (χ1v) is 4.65. The summed E-state index contributed by atoms with van der Waals surface area (Å²) in [6.45, 7) is 2.06. The number of pyridine rings is 1. The van der Waals surface area contributed by atoms with Gasteiger partial charge in [0, 0.05) is 6.20 Å². The molecule has 0 fully saturated rings. The first-order chi connectivity index (χ1) is 6.36.